The summed E-state index contributed by atoms with van der Waals surface area (Å²) in [6, 6.07) is 17.5. The summed E-state index contributed by atoms with van der Waals surface area (Å²) >= 11 is 5.95. The lowest BCUT2D eigenvalue weighted by atomic mass is 10.1. The fraction of sp³-hybridized carbons (Fsp3) is 0. The van der Waals surface area contributed by atoms with Crippen LogP contribution < -0.4 is 16.2 Å². The highest BCUT2D eigenvalue weighted by atomic mass is 35.5. The van der Waals surface area contributed by atoms with Gasteiger partial charge in [-0.1, -0.05) is 29.8 Å². The number of hydrogen-bond acceptors (Lipinski definition) is 5. The van der Waals surface area contributed by atoms with Gasteiger partial charge in [-0.05, 0) is 42.5 Å². The zero-order valence-corrected chi connectivity index (χ0v) is 16.6. The number of nitro groups is 1. The van der Waals surface area contributed by atoms with E-state index < -0.39 is 22.6 Å². The molecule has 0 aliphatic rings. The van der Waals surface area contributed by atoms with Gasteiger partial charge in [0, 0.05) is 28.9 Å². The summed E-state index contributed by atoms with van der Waals surface area (Å²) in [6.07, 6.45) is 0. The van der Waals surface area contributed by atoms with Crippen LogP contribution in [0, 0.1) is 10.1 Å². The smallest absolute Gasteiger partial charge is 0.271 e. The van der Waals surface area contributed by atoms with Crippen molar-refractivity contribution in [3.8, 4) is 0 Å². The van der Waals surface area contributed by atoms with Crippen molar-refractivity contribution in [3.63, 3.8) is 0 Å². The first-order valence-corrected chi connectivity index (χ1v) is 9.24. The summed E-state index contributed by atoms with van der Waals surface area (Å²) in [5, 5.41) is 13.5. The topological polar surface area (TPSA) is 130 Å². The number of amides is 3. The van der Waals surface area contributed by atoms with Gasteiger partial charge in [0.2, 0.25) is 0 Å². The average molecular weight is 439 g/mol. The number of benzene rings is 3. The van der Waals surface area contributed by atoms with Crippen molar-refractivity contribution in [2.24, 2.45) is 0 Å². The van der Waals surface area contributed by atoms with Crippen molar-refractivity contribution in [1.82, 2.24) is 10.9 Å². The predicted molar refractivity (Wildman–Crippen MR) is 114 cm³/mol. The molecular weight excluding hydrogens is 424 g/mol. The normalized spacial score (nSPS) is 10.1. The summed E-state index contributed by atoms with van der Waals surface area (Å²) in [7, 11) is 0. The highest BCUT2D eigenvalue weighted by Gasteiger charge is 2.13. The molecule has 0 aliphatic heterocycles. The minimum absolute atomic E-state index is 0.131. The van der Waals surface area contributed by atoms with Gasteiger partial charge in [-0.25, -0.2) is 0 Å². The highest BCUT2D eigenvalue weighted by molar-refractivity contribution is 6.33. The molecule has 0 aromatic heterocycles. The molecule has 0 unspecified atom stereocenters. The van der Waals surface area contributed by atoms with Gasteiger partial charge in [0.25, 0.3) is 23.4 Å². The van der Waals surface area contributed by atoms with Crippen LogP contribution in [0.2, 0.25) is 5.02 Å². The number of carbonyl (C=O) groups is 3. The lowest BCUT2D eigenvalue weighted by Gasteiger charge is -2.10. The van der Waals surface area contributed by atoms with Crippen LogP contribution in [0.1, 0.15) is 31.1 Å². The Bertz CT molecular complexity index is 1160. The van der Waals surface area contributed by atoms with Crippen molar-refractivity contribution in [3.05, 3.63) is 105 Å². The summed E-state index contributed by atoms with van der Waals surface area (Å²) in [5.41, 5.74) is 5.35. The van der Waals surface area contributed by atoms with E-state index in [1.807, 2.05) is 0 Å². The van der Waals surface area contributed by atoms with Gasteiger partial charge < -0.3 is 5.32 Å². The van der Waals surface area contributed by atoms with Crippen molar-refractivity contribution in [1.29, 1.82) is 0 Å². The molecule has 3 rings (SSSR count). The van der Waals surface area contributed by atoms with Crippen LogP contribution in [-0.2, 0) is 0 Å². The lowest BCUT2D eigenvalue weighted by molar-refractivity contribution is -0.384. The molecular formula is C21H15ClN4O5. The summed E-state index contributed by atoms with van der Waals surface area (Å²) in [6.45, 7) is 0. The molecule has 31 heavy (non-hydrogen) atoms. The van der Waals surface area contributed by atoms with E-state index in [2.05, 4.69) is 16.2 Å². The monoisotopic (exact) mass is 438 g/mol. The molecule has 3 aromatic carbocycles. The fourth-order valence-electron chi connectivity index (χ4n) is 2.57. The Morgan fingerprint density at radius 3 is 2.13 bits per heavy atom. The molecule has 0 saturated heterocycles. The van der Waals surface area contributed by atoms with E-state index in [1.54, 1.807) is 30.3 Å². The van der Waals surface area contributed by atoms with E-state index in [4.69, 9.17) is 11.6 Å². The van der Waals surface area contributed by atoms with E-state index in [0.29, 0.717) is 5.69 Å². The first kappa shape index (κ1) is 21.5. The second kappa shape index (κ2) is 9.51. The number of halogens is 1. The maximum absolute atomic E-state index is 12.3. The van der Waals surface area contributed by atoms with E-state index in [9.17, 15) is 24.5 Å². The molecule has 0 fully saturated rings. The number of hydrogen-bond donors (Lipinski definition) is 3. The SMILES string of the molecule is O=C(NNC(=O)c1ccccc1Cl)c1cccc(NC(=O)c2ccc([N+](=O)[O-])cc2)c1. The van der Waals surface area contributed by atoms with Crippen LogP contribution in [0.3, 0.4) is 0 Å². The van der Waals surface area contributed by atoms with Crippen LogP contribution in [-0.4, -0.2) is 22.6 Å². The maximum atomic E-state index is 12.3. The van der Waals surface area contributed by atoms with E-state index in [-0.39, 0.29) is 27.4 Å². The lowest BCUT2D eigenvalue weighted by Crippen LogP contribution is -2.41. The third-order valence-electron chi connectivity index (χ3n) is 4.13. The number of hydrazine groups is 1. The van der Waals surface area contributed by atoms with E-state index in [0.717, 1.165) is 0 Å². The zero-order chi connectivity index (χ0) is 22.4. The molecule has 0 spiro atoms. The number of nitrogens with zero attached hydrogens (tertiary/aromatic N) is 1. The molecule has 3 aromatic rings. The number of nitro benzene ring substituents is 1. The van der Waals surface area contributed by atoms with Crippen LogP contribution in [0.15, 0.2) is 72.8 Å². The predicted octanol–water partition coefficient (Wildman–Crippen LogP) is 3.58. The Balaban J connectivity index is 1.63. The van der Waals surface area contributed by atoms with Gasteiger partial charge in [0.1, 0.15) is 0 Å². The molecule has 156 valence electrons. The first-order valence-electron chi connectivity index (χ1n) is 8.86. The number of anilines is 1. The number of non-ortho nitro benzene ring substituents is 1. The Hall–Kier alpha value is -4.24. The first-order chi connectivity index (χ1) is 14.8. The van der Waals surface area contributed by atoms with E-state index in [1.165, 1.54) is 42.5 Å². The van der Waals surface area contributed by atoms with Crippen molar-refractivity contribution < 1.29 is 19.3 Å². The highest BCUT2D eigenvalue weighted by Crippen LogP contribution is 2.16. The quantitative estimate of drug-likeness (QED) is 0.414. The minimum Gasteiger partial charge on any atom is -0.322 e. The molecule has 0 saturated carbocycles. The third-order valence-corrected chi connectivity index (χ3v) is 4.46. The summed E-state index contributed by atoms with van der Waals surface area (Å²) in [5.74, 6) is -1.69. The van der Waals surface area contributed by atoms with Crippen molar-refractivity contribution >= 4 is 40.7 Å². The van der Waals surface area contributed by atoms with Crippen LogP contribution in [0.4, 0.5) is 11.4 Å². The molecule has 3 N–H and O–H groups in total. The van der Waals surface area contributed by atoms with Gasteiger partial charge in [-0.15, -0.1) is 0 Å². The molecule has 0 aliphatic carbocycles. The van der Waals surface area contributed by atoms with Gasteiger partial charge in [0.05, 0.1) is 15.5 Å². The van der Waals surface area contributed by atoms with Gasteiger partial charge in [-0.3, -0.25) is 35.3 Å². The Morgan fingerprint density at radius 2 is 1.45 bits per heavy atom. The molecule has 9 nitrogen and oxygen atoms in total. The number of rotatable bonds is 5. The van der Waals surface area contributed by atoms with Gasteiger partial charge >= 0.3 is 0 Å². The van der Waals surface area contributed by atoms with Crippen LogP contribution in [0.25, 0.3) is 0 Å². The second-order valence-electron chi connectivity index (χ2n) is 6.23. The Kier molecular flexibility index (Phi) is 6.58. The van der Waals surface area contributed by atoms with Gasteiger partial charge in [-0.2, -0.15) is 0 Å². The molecule has 0 radical (unpaired) electrons. The fourth-order valence-corrected chi connectivity index (χ4v) is 2.80. The van der Waals surface area contributed by atoms with E-state index >= 15 is 0 Å². The Labute approximate surface area is 181 Å². The number of carbonyl (C=O) groups excluding carboxylic acids is 3. The van der Waals surface area contributed by atoms with Gasteiger partial charge in [0.15, 0.2) is 0 Å². The van der Waals surface area contributed by atoms with Crippen LogP contribution >= 0.6 is 11.6 Å². The summed E-state index contributed by atoms with van der Waals surface area (Å²) < 4.78 is 0. The largest absolute Gasteiger partial charge is 0.322 e. The van der Waals surface area contributed by atoms with Crippen LogP contribution in [0.5, 0.6) is 0 Å². The summed E-state index contributed by atoms with van der Waals surface area (Å²) in [4.78, 5) is 46.9. The molecule has 10 heteroatoms. The van der Waals surface area contributed by atoms with Crippen molar-refractivity contribution in [2.45, 2.75) is 0 Å². The third kappa shape index (κ3) is 5.43. The Morgan fingerprint density at radius 1 is 0.774 bits per heavy atom. The standard InChI is InChI=1S/C21H15ClN4O5/c22-18-7-2-1-6-17(18)21(29)25-24-20(28)14-4-3-5-15(12-14)23-19(27)13-8-10-16(11-9-13)26(30)31/h1-12H,(H,23,27)(H,24,28)(H,25,29). The minimum atomic E-state index is -0.605. The molecule has 0 bridgehead atoms. The number of nitrogens with one attached hydrogen (secondary N) is 3. The average Bonchev–Trinajstić information content (AvgIpc) is 2.77. The zero-order valence-electron chi connectivity index (χ0n) is 15.8. The maximum Gasteiger partial charge on any atom is 0.271 e. The molecule has 0 heterocycles. The molecule has 3 amide bonds. The molecule has 0 atom stereocenters. The second-order valence-corrected chi connectivity index (χ2v) is 6.63. The van der Waals surface area contributed by atoms with Crippen molar-refractivity contribution in [2.75, 3.05) is 5.32 Å².